The number of aliphatic imine (C=N–C) groups is 1. The van der Waals surface area contributed by atoms with Crippen molar-refractivity contribution >= 4 is 11.7 Å². The second kappa shape index (κ2) is 7.24. The first-order valence-electron chi connectivity index (χ1n) is 9.70. The molecule has 2 aliphatic heterocycles. The predicted octanol–water partition coefficient (Wildman–Crippen LogP) is 3.82. The fraction of sp³-hybridized carbons (Fsp3) is 0.208. The fourth-order valence-electron chi connectivity index (χ4n) is 4.15. The van der Waals surface area contributed by atoms with Crippen molar-refractivity contribution < 1.29 is 13.9 Å². The summed E-state index contributed by atoms with van der Waals surface area (Å²) in [5.41, 5.74) is 6.80. The molecule has 1 aromatic heterocycles. The van der Waals surface area contributed by atoms with Crippen molar-refractivity contribution in [1.29, 1.82) is 0 Å². The monoisotopic (exact) mass is 386 g/mol. The number of esters is 1. The van der Waals surface area contributed by atoms with Crippen molar-refractivity contribution in [3.8, 4) is 0 Å². The average Bonchev–Trinajstić information content (AvgIpc) is 3.04. The molecule has 0 amide bonds. The zero-order chi connectivity index (χ0) is 19.8. The quantitative estimate of drug-likeness (QED) is 0.508. The molecule has 0 spiro atoms. The smallest absolute Gasteiger partial charge is 0.310 e. The van der Waals surface area contributed by atoms with Crippen molar-refractivity contribution in [2.45, 2.75) is 31.9 Å². The van der Waals surface area contributed by atoms with Gasteiger partial charge in [0, 0.05) is 36.2 Å². The number of halogens is 1. The molecule has 3 aromatic rings. The SMILES string of the molecule is O=C1Cc2cc3c(cc2CC(Cc2ccccc2)O1)C(c1ccnc(F)c1)=NC3. The zero-order valence-corrected chi connectivity index (χ0v) is 15.8. The van der Waals surface area contributed by atoms with E-state index >= 15 is 0 Å². The Balaban J connectivity index is 1.49. The van der Waals surface area contributed by atoms with Gasteiger partial charge in [0.2, 0.25) is 5.95 Å². The summed E-state index contributed by atoms with van der Waals surface area (Å²) in [7, 11) is 0. The van der Waals surface area contributed by atoms with Gasteiger partial charge in [-0.3, -0.25) is 9.79 Å². The van der Waals surface area contributed by atoms with Crippen LogP contribution < -0.4 is 0 Å². The number of carbonyl (C=O) groups is 1. The minimum atomic E-state index is -0.518. The van der Waals surface area contributed by atoms with Crippen LogP contribution >= 0.6 is 0 Å². The van der Waals surface area contributed by atoms with E-state index in [-0.39, 0.29) is 18.5 Å². The van der Waals surface area contributed by atoms with Crippen LogP contribution in [0.15, 0.2) is 65.8 Å². The molecule has 0 saturated carbocycles. The normalized spacial score (nSPS) is 17.8. The molecule has 29 heavy (non-hydrogen) atoms. The van der Waals surface area contributed by atoms with Gasteiger partial charge in [0.25, 0.3) is 0 Å². The van der Waals surface area contributed by atoms with Crippen LogP contribution in [0, 0.1) is 5.95 Å². The Morgan fingerprint density at radius 2 is 1.90 bits per heavy atom. The van der Waals surface area contributed by atoms with Crippen LogP contribution in [0.5, 0.6) is 0 Å². The highest BCUT2D eigenvalue weighted by Gasteiger charge is 2.27. The number of hydrogen-bond donors (Lipinski definition) is 0. The third-order valence-corrected chi connectivity index (χ3v) is 5.47. The van der Waals surface area contributed by atoms with Crippen LogP contribution in [0.3, 0.4) is 0 Å². The summed E-state index contributed by atoms with van der Waals surface area (Å²) in [6.07, 6.45) is 2.86. The number of hydrogen-bond acceptors (Lipinski definition) is 4. The molecule has 0 fully saturated rings. The molecule has 0 aliphatic carbocycles. The van der Waals surface area contributed by atoms with Crippen LogP contribution in [0.2, 0.25) is 0 Å². The van der Waals surface area contributed by atoms with E-state index < -0.39 is 5.95 Å². The lowest BCUT2D eigenvalue weighted by atomic mass is 9.91. The highest BCUT2D eigenvalue weighted by atomic mass is 19.1. The number of benzene rings is 2. The second-order valence-electron chi connectivity index (χ2n) is 7.49. The van der Waals surface area contributed by atoms with E-state index in [4.69, 9.17) is 4.74 Å². The van der Waals surface area contributed by atoms with Crippen molar-refractivity contribution in [2.24, 2.45) is 4.99 Å². The third kappa shape index (κ3) is 3.56. The molecule has 0 N–H and O–H groups in total. The second-order valence-corrected chi connectivity index (χ2v) is 7.49. The lowest BCUT2D eigenvalue weighted by Crippen LogP contribution is -2.21. The maximum absolute atomic E-state index is 13.6. The first kappa shape index (κ1) is 17.7. The van der Waals surface area contributed by atoms with Crippen LogP contribution in [-0.4, -0.2) is 22.8 Å². The molecule has 3 heterocycles. The van der Waals surface area contributed by atoms with E-state index in [0.717, 1.165) is 39.1 Å². The van der Waals surface area contributed by atoms with E-state index in [1.54, 1.807) is 6.07 Å². The molecule has 1 atom stereocenters. The predicted molar refractivity (Wildman–Crippen MR) is 107 cm³/mol. The Morgan fingerprint density at radius 1 is 1.03 bits per heavy atom. The molecule has 2 aliphatic rings. The largest absolute Gasteiger partial charge is 0.461 e. The van der Waals surface area contributed by atoms with Crippen LogP contribution in [0.4, 0.5) is 4.39 Å². The minimum absolute atomic E-state index is 0.194. The number of cyclic esters (lactones) is 1. The summed E-state index contributed by atoms with van der Waals surface area (Å²) in [4.78, 5) is 20.6. The first-order valence-corrected chi connectivity index (χ1v) is 9.70. The summed E-state index contributed by atoms with van der Waals surface area (Å²) in [5, 5.41) is 0. The van der Waals surface area contributed by atoms with Gasteiger partial charge < -0.3 is 4.74 Å². The van der Waals surface area contributed by atoms with Crippen molar-refractivity contribution in [1.82, 2.24) is 4.98 Å². The van der Waals surface area contributed by atoms with Crippen molar-refractivity contribution in [3.63, 3.8) is 0 Å². The van der Waals surface area contributed by atoms with Crippen molar-refractivity contribution in [2.75, 3.05) is 0 Å². The number of ether oxygens (including phenoxy) is 1. The molecule has 5 rings (SSSR count). The highest BCUT2D eigenvalue weighted by Crippen LogP contribution is 2.30. The molecule has 4 nitrogen and oxygen atoms in total. The van der Waals surface area contributed by atoms with Crippen molar-refractivity contribution in [3.05, 3.63) is 100 Å². The van der Waals surface area contributed by atoms with E-state index in [0.29, 0.717) is 19.4 Å². The topological polar surface area (TPSA) is 51.5 Å². The number of carbonyl (C=O) groups excluding carboxylic acids is 1. The average molecular weight is 386 g/mol. The first-order chi connectivity index (χ1) is 14.2. The summed E-state index contributed by atoms with van der Waals surface area (Å²) in [5.74, 6) is -0.713. The van der Waals surface area contributed by atoms with Gasteiger partial charge in [0.05, 0.1) is 18.7 Å². The van der Waals surface area contributed by atoms with Gasteiger partial charge in [-0.1, -0.05) is 36.4 Å². The maximum Gasteiger partial charge on any atom is 0.310 e. The molecule has 1 unspecified atom stereocenters. The number of rotatable bonds is 3. The Labute approximate surface area is 168 Å². The Morgan fingerprint density at radius 3 is 2.72 bits per heavy atom. The van der Waals surface area contributed by atoms with E-state index in [1.165, 1.54) is 12.3 Å². The lowest BCUT2D eigenvalue weighted by Gasteiger charge is -2.16. The number of nitrogens with zero attached hydrogens (tertiary/aromatic N) is 2. The van der Waals surface area contributed by atoms with E-state index in [2.05, 4.69) is 22.1 Å². The Hall–Kier alpha value is -3.34. The summed E-state index contributed by atoms with van der Waals surface area (Å²) < 4.78 is 19.3. The fourth-order valence-corrected chi connectivity index (χ4v) is 4.15. The van der Waals surface area contributed by atoms with Gasteiger partial charge in [0.15, 0.2) is 0 Å². The molecule has 2 aromatic carbocycles. The van der Waals surface area contributed by atoms with E-state index in [9.17, 15) is 9.18 Å². The van der Waals surface area contributed by atoms with Gasteiger partial charge in [-0.25, -0.2) is 4.98 Å². The van der Waals surface area contributed by atoms with Gasteiger partial charge in [0.1, 0.15) is 6.10 Å². The standard InChI is InChI=1S/C24H19FN2O2/c25-22-12-16(6-7-26-22)24-21-11-18-10-20(8-15-4-2-1-3-5-15)29-23(28)13-17(18)9-19(21)14-27-24/h1-7,9,11-12,20H,8,10,13-14H2. The number of pyridine rings is 1. The Bertz CT molecular complexity index is 1120. The lowest BCUT2D eigenvalue weighted by molar-refractivity contribution is -0.147. The molecular weight excluding hydrogens is 367 g/mol. The minimum Gasteiger partial charge on any atom is -0.461 e. The molecule has 0 saturated heterocycles. The molecule has 144 valence electrons. The number of aromatic nitrogens is 1. The molecule has 0 bridgehead atoms. The maximum atomic E-state index is 13.6. The van der Waals surface area contributed by atoms with Gasteiger partial charge in [-0.2, -0.15) is 4.39 Å². The van der Waals surface area contributed by atoms with Gasteiger partial charge in [-0.15, -0.1) is 0 Å². The van der Waals surface area contributed by atoms with Crippen LogP contribution in [0.25, 0.3) is 0 Å². The van der Waals surface area contributed by atoms with Crippen LogP contribution in [-0.2, 0) is 35.3 Å². The van der Waals surface area contributed by atoms with Gasteiger partial charge in [-0.05, 0) is 34.4 Å². The van der Waals surface area contributed by atoms with Crippen LogP contribution in [0.1, 0.15) is 33.4 Å². The van der Waals surface area contributed by atoms with Gasteiger partial charge >= 0.3 is 5.97 Å². The van der Waals surface area contributed by atoms with E-state index in [1.807, 2.05) is 30.3 Å². The Kier molecular flexibility index (Phi) is 4.43. The summed E-state index contributed by atoms with van der Waals surface area (Å²) in [6, 6.07) is 17.4. The molecule has 5 heteroatoms. The summed E-state index contributed by atoms with van der Waals surface area (Å²) >= 11 is 0. The summed E-state index contributed by atoms with van der Waals surface area (Å²) in [6.45, 7) is 0.532. The zero-order valence-electron chi connectivity index (χ0n) is 15.8. The third-order valence-electron chi connectivity index (χ3n) is 5.47. The molecule has 0 radical (unpaired) electrons. The number of fused-ring (bicyclic) bond motifs is 2. The highest BCUT2D eigenvalue weighted by molar-refractivity contribution is 6.15. The molecular formula is C24H19FN2O2.